The van der Waals surface area contributed by atoms with Crippen molar-refractivity contribution in [3.8, 4) is 0 Å². The molecule has 1 aromatic heterocycles. The zero-order valence-corrected chi connectivity index (χ0v) is 9.12. The Morgan fingerprint density at radius 1 is 1.40 bits per heavy atom. The highest BCUT2D eigenvalue weighted by Crippen LogP contribution is 2.04. The highest BCUT2D eigenvalue weighted by molar-refractivity contribution is 5.83. The minimum absolute atomic E-state index is 0.00593. The number of rotatable bonds is 5. The number of hydrogen-bond donors (Lipinski definition) is 1. The molecule has 0 radical (unpaired) electrons. The normalized spacial score (nSPS) is 10.0. The van der Waals surface area contributed by atoms with Crippen LogP contribution < -0.4 is 0 Å². The van der Waals surface area contributed by atoms with E-state index in [2.05, 4.69) is 4.98 Å². The number of nitrogens with zero attached hydrogens (tertiary/aromatic N) is 1. The smallest absolute Gasteiger partial charge is 0.223 e. The van der Waals surface area contributed by atoms with Crippen molar-refractivity contribution in [3.05, 3.63) is 24.0 Å². The van der Waals surface area contributed by atoms with Gasteiger partial charge in [0.1, 0.15) is 5.78 Å². The van der Waals surface area contributed by atoms with E-state index < -0.39 is 0 Å². The number of aromatic amines is 1. The summed E-state index contributed by atoms with van der Waals surface area (Å²) in [7, 11) is 1.75. The standard InChI is InChI=1S/C11H16N2O2/c1-9(14)3-4-11(15)13(2)8-10-5-6-12-7-10/h5-7,12H,3-4,8H2,1-2H3. The Labute approximate surface area is 89.3 Å². The zero-order valence-electron chi connectivity index (χ0n) is 9.12. The molecule has 0 spiro atoms. The Morgan fingerprint density at radius 3 is 2.67 bits per heavy atom. The number of Topliss-reactive ketones (excluding diaryl/α,β-unsaturated/α-hetero) is 1. The van der Waals surface area contributed by atoms with Crippen LogP contribution >= 0.6 is 0 Å². The average Bonchev–Trinajstić information content (AvgIpc) is 2.66. The van der Waals surface area contributed by atoms with Gasteiger partial charge in [0, 0.05) is 38.8 Å². The van der Waals surface area contributed by atoms with Gasteiger partial charge in [0.25, 0.3) is 0 Å². The molecule has 0 aromatic carbocycles. The molecule has 1 aromatic rings. The van der Waals surface area contributed by atoms with Crippen LogP contribution in [0.15, 0.2) is 18.5 Å². The van der Waals surface area contributed by atoms with Crippen molar-refractivity contribution in [2.45, 2.75) is 26.3 Å². The minimum atomic E-state index is 0.00593. The van der Waals surface area contributed by atoms with E-state index in [-0.39, 0.29) is 11.7 Å². The van der Waals surface area contributed by atoms with Gasteiger partial charge in [-0.15, -0.1) is 0 Å². The molecule has 1 rings (SSSR count). The van der Waals surface area contributed by atoms with Crippen LogP contribution in [-0.4, -0.2) is 28.6 Å². The second kappa shape index (κ2) is 5.34. The Bertz CT molecular complexity index is 330. The number of aromatic nitrogens is 1. The molecule has 0 unspecified atom stereocenters. The van der Waals surface area contributed by atoms with Crippen molar-refractivity contribution in [2.75, 3.05) is 7.05 Å². The molecule has 82 valence electrons. The summed E-state index contributed by atoms with van der Waals surface area (Å²) >= 11 is 0. The van der Waals surface area contributed by atoms with Crippen LogP contribution in [-0.2, 0) is 16.1 Å². The van der Waals surface area contributed by atoms with Gasteiger partial charge in [-0.2, -0.15) is 0 Å². The predicted molar refractivity (Wildman–Crippen MR) is 57.2 cm³/mol. The molecule has 0 aliphatic rings. The summed E-state index contributed by atoms with van der Waals surface area (Å²) in [6.45, 7) is 2.08. The van der Waals surface area contributed by atoms with E-state index in [1.54, 1.807) is 11.9 Å². The number of carbonyl (C=O) groups is 2. The van der Waals surface area contributed by atoms with E-state index in [0.29, 0.717) is 19.4 Å². The third-order valence-corrected chi connectivity index (χ3v) is 2.20. The second-order valence-electron chi connectivity index (χ2n) is 3.67. The molecule has 1 heterocycles. The van der Waals surface area contributed by atoms with Gasteiger partial charge in [-0.3, -0.25) is 4.79 Å². The lowest BCUT2D eigenvalue weighted by molar-refractivity contribution is -0.132. The molecule has 0 aliphatic carbocycles. The lowest BCUT2D eigenvalue weighted by Crippen LogP contribution is -2.26. The SMILES string of the molecule is CC(=O)CCC(=O)N(C)Cc1cc[nH]c1. The molecular weight excluding hydrogens is 192 g/mol. The number of hydrogen-bond acceptors (Lipinski definition) is 2. The molecule has 4 heteroatoms. The van der Waals surface area contributed by atoms with Crippen molar-refractivity contribution < 1.29 is 9.59 Å². The monoisotopic (exact) mass is 208 g/mol. The first-order valence-electron chi connectivity index (χ1n) is 4.94. The third-order valence-electron chi connectivity index (χ3n) is 2.20. The summed E-state index contributed by atoms with van der Waals surface area (Å²) in [5, 5.41) is 0. The number of H-pyrrole nitrogens is 1. The number of ketones is 1. The van der Waals surface area contributed by atoms with Crippen LogP contribution in [0.2, 0.25) is 0 Å². The van der Waals surface area contributed by atoms with Gasteiger partial charge in [-0.25, -0.2) is 0 Å². The highest BCUT2D eigenvalue weighted by Gasteiger charge is 2.09. The molecular formula is C11H16N2O2. The fourth-order valence-corrected chi connectivity index (χ4v) is 1.29. The van der Waals surface area contributed by atoms with Crippen molar-refractivity contribution in [1.82, 2.24) is 9.88 Å². The molecule has 0 aliphatic heterocycles. The van der Waals surface area contributed by atoms with Crippen molar-refractivity contribution in [3.63, 3.8) is 0 Å². The van der Waals surface area contributed by atoms with E-state index in [4.69, 9.17) is 0 Å². The quantitative estimate of drug-likeness (QED) is 0.794. The second-order valence-corrected chi connectivity index (χ2v) is 3.67. The van der Waals surface area contributed by atoms with E-state index in [1.807, 2.05) is 18.5 Å². The first-order valence-corrected chi connectivity index (χ1v) is 4.94. The Hall–Kier alpha value is -1.58. The predicted octanol–water partition coefficient (Wildman–Crippen LogP) is 1.34. The summed E-state index contributed by atoms with van der Waals surface area (Å²) in [6.07, 6.45) is 4.31. The topological polar surface area (TPSA) is 53.2 Å². The van der Waals surface area contributed by atoms with Gasteiger partial charge in [0.2, 0.25) is 5.91 Å². The van der Waals surface area contributed by atoms with Gasteiger partial charge >= 0.3 is 0 Å². The molecule has 1 N–H and O–H groups in total. The molecule has 0 bridgehead atoms. The van der Waals surface area contributed by atoms with Gasteiger partial charge in [-0.1, -0.05) is 0 Å². The van der Waals surface area contributed by atoms with Crippen LogP contribution in [0.5, 0.6) is 0 Å². The fraction of sp³-hybridized carbons (Fsp3) is 0.455. The molecule has 0 saturated carbocycles. The Kier molecular flexibility index (Phi) is 4.09. The molecule has 1 amide bonds. The number of carbonyl (C=O) groups excluding carboxylic acids is 2. The number of nitrogens with one attached hydrogen (secondary N) is 1. The molecule has 0 atom stereocenters. The summed E-state index contributed by atoms with van der Waals surface area (Å²) < 4.78 is 0. The van der Waals surface area contributed by atoms with E-state index in [0.717, 1.165) is 5.56 Å². The van der Waals surface area contributed by atoms with Crippen LogP contribution in [0.1, 0.15) is 25.3 Å². The van der Waals surface area contributed by atoms with Crippen molar-refractivity contribution in [2.24, 2.45) is 0 Å². The van der Waals surface area contributed by atoms with Gasteiger partial charge < -0.3 is 14.7 Å². The Balaban J connectivity index is 2.36. The highest BCUT2D eigenvalue weighted by atomic mass is 16.2. The first kappa shape index (κ1) is 11.5. The minimum Gasteiger partial charge on any atom is -0.367 e. The lowest BCUT2D eigenvalue weighted by Gasteiger charge is -2.15. The molecule has 0 fully saturated rings. The average molecular weight is 208 g/mol. The maximum absolute atomic E-state index is 11.5. The third kappa shape index (κ3) is 3.97. The first-order chi connectivity index (χ1) is 7.09. The summed E-state index contributed by atoms with van der Waals surface area (Å²) in [5.41, 5.74) is 1.06. The summed E-state index contributed by atoms with van der Waals surface area (Å²) in [5.74, 6) is 0.0600. The van der Waals surface area contributed by atoms with Crippen LogP contribution in [0, 0.1) is 0 Å². The van der Waals surface area contributed by atoms with Crippen LogP contribution in [0.25, 0.3) is 0 Å². The fourth-order valence-electron chi connectivity index (χ4n) is 1.29. The van der Waals surface area contributed by atoms with E-state index >= 15 is 0 Å². The summed E-state index contributed by atoms with van der Waals surface area (Å²) in [6, 6.07) is 1.93. The van der Waals surface area contributed by atoms with Crippen molar-refractivity contribution >= 4 is 11.7 Å². The van der Waals surface area contributed by atoms with Gasteiger partial charge in [0.05, 0.1) is 0 Å². The largest absolute Gasteiger partial charge is 0.367 e. The zero-order chi connectivity index (χ0) is 11.3. The van der Waals surface area contributed by atoms with Gasteiger partial charge in [-0.05, 0) is 18.6 Å². The maximum Gasteiger partial charge on any atom is 0.223 e. The van der Waals surface area contributed by atoms with Crippen LogP contribution in [0.3, 0.4) is 0 Å². The molecule has 0 saturated heterocycles. The van der Waals surface area contributed by atoms with Crippen LogP contribution in [0.4, 0.5) is 0 Å². The number of amides is 1. The molecule has 4 nitrogen and oxygen atoms in total. The maximum atomic E-state index is 11.5. The lowest BCUT2D eigenvalue weighted by atomic mass is 10.2. The van der Waals surface area contributed by atoms with E-state index in [9.17, 15) is 9.59 Å². The summed E-state index contributed by atoms with van der Waals surface area (Å²) in [4.78, 5) is 26.8. The van der Waals surface area contributed by atoms with Crippen molar-refractivity contribution in [1.29, 1.82) is 0 Å². The van der Waals surface area contributed by atoms with E-state index in [1.165, 1.54) is 6.92 Å². The Morgan fingerprint density at radius 2 is 2.13 bits per heavy atom. The van der Waals surface area contributed by atoms with Gasteiger partial charge in [0.15, 0.2) is 0 Å². The molecule has 15 heavy (non-hydrogen) atoms.